The maximum absolute atomic E-state index is 11.4. The molecule has 106 valence electrons. The standard InChI is InChI=1S/C14H22N2O3/c1-3-4-8-16(9-10-17)11-12-6-5-7-13(15-12)14(18)19-2/h5-7,17H,3-4,8-11H2,1-2H3. The van der Waals surface area contributed by atoms with Gasteiger partial charge >= 0.3 is 5.97 Å². The van der Waals surface area contributed by atoms with Gasteiger partial charge in [-0.05, 0) is 25.1 Å². The minimum atomic E-state index is -0.427. The summed E-state index contributed by atoms with van der Waals surface area (Å²) in [6, 6.07) is 5.31. The molecule has 1 rings (SSSR count). The van der Waals surface area contributed by atoms with Crippen molar-refractivity contribution in [2.45, 2.75) is 26.3 Å². The minimum Gasteiger partial charge on any atom is -0.464 e. The van der Waals surface area contributed by atoms with Crippen LogP contribution in [0, 0.1) is 0 Å². The molecule has 1 aromatic rings. The molecule has 0 aliphatic heterocycles. The third-order valence-corrected chi connectivity index (χ3v) is 2.83. The number of nitrogens with zero attached hydrogens (tertiary/aromatic N) is 2. The number of aliphatic hydroxyl groups is 1. The van der Waals surface area contributed by atoms with Crippen molar-refractivity contribution in [2.75, 3.05) is 26.8 Å². The Kier molecular flexibility index (Phi) is 7.07. The molecule has 0 aliphatic rings. The molecule has 0 fully saturated rings. The summed E-state index contributed by atoms with van der Waals surface area (Å²) >= 11 is 0. The lowest BCUT2D eigenvalue weighted by molar-refractivity contribution is 0.0593. The molecule has 0 saturated heterocycles. The van der Waals surface area contributed by atoms with Crippen LogP contribution in [-0.2, 0) is 11.3 Å². The van der Waals surface area contributed by atoms with Crippen molar-refractivity contribution in [3.05, 3.63) is 29.6 Å². The molecule has 5 heteroatoms. The quantitative estimate of drug-likeness (QED) is 0.722. The van der Waals surface area contributed by atoms with Crippen molar-refractivity contribution in [1.82, 2.24) is 9.88 Å². The monoisotopic (exact) mass is 266 g/mol. The molecule has 0 atom stereocenters. The molecule has 0 amide bonds. The Balaban J connectivity index is 2.69. The van der Waals surface area contributed by atoms with Gasteiger partial charge < -0.3 is 9.84 Å². The van der Waals surface area contributed by atoms with Crippen molar-refractivity contribution in [3.8, 4) is 0 Å². The van der Waals surface area contributed by atoms with Gasteiger partial charge in [0.05, 0.1) is 19.4 Å². The van der Waals surface area contributed by atoms with Crippen molar-refractivity contribution in [2.24, 2.45) is 0 Å². The molecular formula is C14H22N2O3. The van der Waals surface area contributed by atoms with Crippen LogP contribution in [0.3, 0.4) is 0 Å². The minimum absolute atomic E-state index is 0.125. The zero-order valence-corrected chi connectivity index (χ0v) is 11.6. The highest BCUT2D eigenvalue weighted by Gasteiger charge is 2.10. The van der Waals surface area contributed by atoms with Gasteiger partial charge in [-0.2, -0.15) is 0 Å². The molecule has 0 radical (unpaired) electrons. The molecule has 0 aliphatic carbocycles. The second-order valence-corrected chi connectivity index (χ2v) is 4.36. The molecule has 0 bridgehead atoms. The van der Waals surface area contributed by atoms with E-state index in [1.807, 2.05) is 6.07 Å². The van der Waals surface area contributed by atoms with Gasteiger partial charge in [-0.1, -0.05) is 19.4 Å². The predicted molar refractivity (Wildman–Crippen MR) is 72.8 cm³/mol. The van der Waals surface area contributed by atoms with E-state index >= 15 is 0 Å². The second kappa shape index (κ2) is 8.61. The highest BCUT2D eigenvalue weighted by Crippen LogP contribution is 2.06. The Labute approximate surface area is 114 Å². The fourth-order valence-electron chi connectivity index (χ4n) is 1.81. The van der Waals surface area contributed by atoms with Gasteiger partial charge in [0.25, 0.3) is 0 Å². The van der Waals surface area contributed by atoms with Crippen LogP contribution in [0.25, 0.3) is 0 Å². The first kappa shape index (κ1) is 15.6. The van der Waals surface area contributed by atoms with Gasteiger partial charge in [0.15, 0.2) is 0 Å². The number of esters is 1. The smallest absolute Gasteiger partial charge is 0.356 e. The fraction of sp³-hybridized carbons (Fsp3) is 0.571. The van der Waals surface area contributed by atoms with Gasteiger partial charge in [-0.15, -0.1) is 0 Å². The van der Waals surface area contributed by atoms with Crippen molar-refractivity contribution < 1.29 is 14.6 Å². The van der Waals surface area contributed by atoms with Crippen LogP contribution in [0.5, 0.6) is 0 Å². The number of unbranched alkanes of at least 4 members (excludes halogenated alkanes) is 1. The lowest BCUT2D eigenvalue weighted by Crippen LogP contribution is -2.28. The van der Waals surface area contributed by atoms with Gasteiger partial charge in [0.1, 0.15) is 5.69 Å². The van der Waals surface area contributed by atoms with E-state index in [2.05, 4.69) is 21.5 Å². The molecule has 0 aromatic carbocycles. The molecule has 19 heavy (non-hydrogen) atoms. The van der Waals surface area contributed by atoms with Crippen LogP contribution in [0.1, 0.15) is 35.9 Å². The molecular weight excluding hydrogens is 244 g/mol. The van der Waals surface area contributed by atoms with Crippen LogP contribution < -0.4 is 0 Å². The SMILES string of the molecule is CCCCN(CCO)Cc1cccc(C(=O)OC)n1. The van der Waals surface area contributed by atoms with Crippen molar-refractivity contribution >= 4 is 5.97 Å². The average Bonchev–Trinajstić information content (AvgIpc) is 2.44. The van der Waals surface area contributed by atoms with E-state index in [4.69, 9.17) is 5.11 Å². The molecule has 0 spiro atoms. The Morgan fingerprint density at radius 2 is 2.21 bits per heavy atom. The third kappa shape index (κ3) is 5.36. The molecule has 1 N–H and O–H groups in total. The zero-order chi connectivity index (χ0) is 14.1. The van der Waals surface area contributed by atoms with E-state index in [0.29, 0.717) is 18.8 Å². The number of hydrogen-bond acceptors (Lipinski definition) is 5. The summed E-state index contributed by atoms with van der Waals surface area (Å²) in [5, 5.41) is 9.06. The topological polar surface area (TPSA) is 62.7 Å². The summed E-state index contributed by atoms with van der Waals surface area (Å²) < 4.78 is 4.65. The highest BCUT2D eigenvalue weighted by atomic mass is 16.5. The van der Waals surface area contributed by atoms with E-state index < -0.39 is 5.97 Å². The number of carbonyl (C=O) groups excluding carboxylic acids is 1. The van der Waals surface area contributed by atoms with Crippen LogP contribution >= 0.6 is 0 Å². The van der Waals surface area contributed by atoms with Crippen LogP contribution in [0.2, 0.25) is 0 Å². The largest absolute Gasteiger partial charge is 0.464 e. The lowest BCUT2D eigenvalue weighted by Gasteiger charge is -2.20. The summed E-state index contributed by atoms with van der Waals surface area (Å²) in [5.74, 6) is -0.427. The number of carbonyl (C=O) groups is 1. The molecule has 1 heterocycles. The zero-order valence-electron chi connectivity index (χ0n) is 11.6. The van der Waals surface area contributed by atoms with Gasteiger partial charge in [-0.25, -0.2) is 9.78 Å². The highest BCUT2D eigenvalue weighted by molar-refractivity contribution is 5.87. The molecule has 0 saturated carbocycles. The summed E-state index contributed by atoms with van der Waals surface area (Å²) in [7, 11) is 1.34. The normalized spacial score (nSPS) is 10.7. The number of pyridine rings is 1. The Morgan fingerprint density at radius 3 is 2.84 bits per heavy atom. The Bertz CT molecular complexity index is 396. The summed E-state index contributed by atoms with van der Waals surface area (Å²) in [6.45, 7) is 4.42. The maximum atomic E-state index is 11.4. The van der Waals surface area contributed by atoms with E-state index in [1.165, 1.54) is 7.11 Å². The van der Waals surface area contributed by atoms with Crippen molar-refractivity contribution in [3.63, 3.8) is 0 Å². The lowest BCUT2D eigenvalue weighted by atomic mass is 10.2. The third-order valence-electron chi connectivity index (χ3n) is 2.83. The van der Waals surface area contributed by atoms with Gasteiger partial charge in [0.2, 0.25) is 0 Å². The van der Waals surface area contributed by atoms with Gasteiger partial charge in [-0.3, -0.25) is 4.90 Å². The summed E-state index contributed by atoms with van der Waals surface area (Å²) in [4.78, 5) is 17.8. The fourth-order valence-corrected chi connectivity index (χ4v) is 1.81. The Hall–Kier alpha value is -1.46. The maximum Gasteiger partial charge on any atom is 0.356 e. The van der Waals surface area contributed by atoms with E-state index in [1.54, 1.807) is 12.1 Å². The number of methoxy groups -OCH3 is 1. The van der Waals surface area contributed by atoms with Gasteiger partial charge in [0, 0.05) is 13.1 Å². The van der Waals surface area contributed by atoms with E-state index in [-0.39, 0.29) is 6.61 Å². The number of aromatic nitrogens is 1. The summed E-state index contributed by atoms with van der Waals surface area (Å²) in [5.41, 5.74) is 1.13. The molecule has 1 aromatic heterocycles. The second-order valence-electron chi connectivity index (χ2n) is 4.36. The summed E-state index contributed by atoms with van der Waals surface area (Å²) in [6.07, 6.45) is 2.19. The molecule has 5 nitrogen and oxygen atoms in total. The van der Waals surface area contributed by atoms with Crippen molar-refractivity contribution in [1.29, 1.82) is 0 Å². The average molecular weight is 266 g/mol. The number of rotatable bonds is 8. The number of aliphatic hydroxyl groups excluding tert-OH is 1. The number of ether oxygens (including phenoxy) is 1. The van der Waals surface area contributed by atoms with Crippen LogP contribution in [0.15, 0.2) is 18.2 Å². The Morgan fingerprint density at radius 1 is 1.42 bits per heavy atom. The molecule has 0 unspecified atom stereocenters. The number of hydrogen-bond donors (Lipinski definition) is 1. The van der Waals surface area contributed by atoms with Crippen LogP contribution in [-0.4, -0.2) is 47.8 Å². The first-order valence-electron chi connectivity index (χ1n) is 6.58. The first-order chi connectivity index (χ1) is 9.21. The van der Waals surface area contributed by atoms with Crippen LogP contribution in [0.4, 0.5) is 0 Å². The van der Waals surface area contributed by atoms with E-state index in [0.717, 1.165) is 25.1 Å². The predicted octanol–water partition coefficient (Wildman–Crippen LogP) is 1.46. The van der Waals surface area contributed by atoms with E-state index in [9.17, 15) is 4.79 Å². The first-order valence-corrected chi connectivity index (χ1v) is 6.58.